The summed E-state index contributed by atoms with van der Waals surface area (Å²) < 4.78 is 4.73. The number of nitrogens with two attached hydrogens (primary N) is 1. The second-order valence-corrected chi connectivity index (χ2v) is 4.83. The van der Waals surface area contributed by atoms with E-state index in [2.05, 4.69) is 5.32 Å². The first-order valence-electron chi connectivity index (χ1n) is 6.54. The van der Waals surface area contributed by atoms with Gasteiger partial charge in [-0.05, 0) is 30.3 Å². The molecule has 0 radical (unpaired) electrons. The maximum Gasteiger partial charge on any atom is 0.337 e. The van der Waals surface area contributed by atoms with Crippen molar-refractivity contribution in [3.8, 4) is 0 Å². The van der Waals surface area contributed by atoms with Crippen molar-refractivity contribution in [2.45, 2.75) is 0 Å². The van der Waals surface area contributed by atoms with Crippen LogP contribution in [-0.2, 0) is 4.74 Å². The lowest BCUT2D eigenvalue weighted by molar-refractivity contribution is 0.0601. The number of ether oxygens (including phenoxy) is 1. The Hall–Kier alpha value is -2.69. The Bertz CT molecular complexity index is 654. The van der Waals surface area contributed by atoms with Crippen LogP contribution in [0.1, 0.15) is 10.4 Å². The van der Waals surface area contributed by atoms with E-state index in [1.165, 1.54) is 7.11 Å². The van der Waals surface area contributed by atoms with Gasteiger partial charge in [-0.25, -0.2) is 4.79 Å². The number of benzene rings is 2. The van der Waals surface area contributed by atoms with Gasteiger partial charge >= 0.3 is 5.97 Å². The number of para-hydroxylation sites is 2. The smallest absolute Gasteiger partial charge is 0.337 e. The van der Waals surface area contributed by atoms with Crippen LogP contribution in [0.15, 0.2) is 42.5 Å². The van der Waals surface area contributed by atoms with Crippen LogP contribution >= 0.6 is 0 Å². The zero-order chi connectivity index (χ0) is 15.4. The highest BCUT2D eigenvalue weighted by Crippen LogP contribution is 2.30. The Kier molecular flexibility index (Phi) is 4.33. The molecule has 0 saturated heterocycles. The number of nitrogens with one attached hydrogen (secondary N) is 1. The maximum absolute atomic E-state index is 11.6. The summed E-state index contributed by atoms with van der Waals surface area (Å²) in [6, 6.07) is 12.9. The van der Waals surface area contributed by atoms with E-state index in [4.69, 9.17) is 10.5 Å². The van der Waals surface area contributed by atoms with Crippen LogP contribution in [-0.4, -0.2) is 27.2 Å². The number of carbonyl (C=O) groups excluding carboxylic acids is 1. The van der Waals surface area contributed by atoms with Crippen LogP contribution in [0.2, 0.25) is 0 Å². The molecule has 0 aliphatic carbocycles. The summed E-state index contributed by atoms with van der Waals surface area (Å²) in [5.74, 6) is -0.390. The molecule has 0 aromatic heterocycles. The van der Waals surface area contributed by atoms with Crippen molar-refractivity contribution >= 4 is 28.7 Å². The van der Waals surface area contributed by atoms with Gasteiger partial charge in [0.2, 0.25) is 0 Å². The molecule has 0 saturated carbocycles. The third-order valence-corrected chi connectivity index (χ3v) is 3.13. The molecule has 0 bridgehead atoms. The Morgan fingerprint density at radius 1 is 1.14 bits per heavy atom. The molecule has 0 fully saturated rings. The molecule has 2 aromatic carbocycles. The molecule has 3 N–H and O–H groups in total. The predicted octanol–water partition coefficient (Wildman–Crippen LogP) is 2.87. The number of rotatable bonds is 4. The fourth-order valence-corrected chi connectivity index (χ4v) is 2.02. The average Bonchev–Trinajstić information content (AvgIpc) is 2.49. The van der Waals surface area contributed by atoms with Crippen molar-refractivity contribution in [3.05, 3.63) is 48.0 Å². The van der Waals surface area contributed by atoms with Crippen molar-refractivity contribution < 1.29 is 9.53 Å². The molecule has 2 aromatic rings. The van der Waals surface area contributed by atoms with Gasteiger partial charge in [0, 0.05) is 14.1 Å². The maximum atomic E-state index is 11.6. The van der Waals surface area contributed by atoms with Gasteiger partial charge in [-0.1, -0.05) is 12.1 Å². The zero-order valence-corrected chi connectivity index (χ0v) is 12.4. The van der Waals surface area contributed by atoms with E-state index < -0.39 is 0 Å². The molecule has 0 aliphatic rings. The summed E-state index contributed by atoms with van der Waals surface area (Å²) in [6.07, 6.45) is 0. The van der Waals surface area contributed by atoms with Crippen LogP contribution in [0.4, 0.5) is 22.7 Å². The Labute approximate surface area is 124 Å². The number of methoxy groups -OCH3 is 1. The molecular formula is C16H19N3O2. The van der Waals surface area contributed by atoms with Crippen molar-refractivity contribution in [1.82, 2.24) is 0 Å². The van der Waals surface area contributed by atoms with Gasteiger partial charge in [0.1, 0.15) is 0 Å². The topological polar surface area (TPSA) is 67.6 Å². The quantitative estimate of drug-likeness (QED) is 0.668. The van der Waals surface area contributed by atoms with Gasteiger partial charge in [-0.3, -0.25) is 0 Å². The number of nitrogens with zero attached hydrogens (tertiary/aromatic N) is 1. The molecule has 0 atom stereocenters. The summed E-state index contributed by atoms with van der Waals surface area (Å²) in [7, 11) is 5.29. The zero-order valence-electron chi connectivity index (χ0n) is 12.4. The minimum absolute atomic E-state index is 0.390. The molecule has 5 nitrogen and oxygen atoms in total. The average molecular weight is 285 g/mol. The summed E-state index contributed by atoms with van der Waals surface area (Å²) in [5, 5.41) is 3.27. The lowest BCUT2D eigenvalue weighted by atomic mass is 10.1. The van der Waals surface area contributed by atoms with Gasteiger partial charge in [-0.15, -0.1) is 0 Å². The van der Waals surface area contributed by atoms with Crippen molar-refractivity contribution in [1.29, 1.82) is 0 Å². The van der Waals surface area contributed by atoms with E-state index in [0.717, 1.165) is 11.4 Å². The Morgan fingerprint density at radius 2 is 1.86 bits per heavy atom. The van der Waals surface area contributed by atoms with Gasteiger partial charge in [0.15, 0.2) is 0 Å². The van der Waals surface area contributed by atoms with Gasteiger partial charge in [0.25, 0.3) is 0 Å². The standard InChI is InChI=1S/C16H19N3O2/c1-19(2)15-7-5-4-6-13(15)18-14-10-11(16(20)21-3)8-9-12(14)17/h4-10,18H,17H2,1-3H3. The molecular weight excluding hydrogens is 266 g/mol. The van der Waals surface area contributed by atoms with Crippen LogP contribution in [0.25, 0.3) is 0 Å². The fourth-order valence-electron chi connectivity index (χ4n) is 2.02. The van der Waals surface area contributed by atoms with E-state index >= 15 is 0 Å². The molecule has 0 amide bonds. The molecule has 21 heavy (non-hydrogen) atoms. The number of hydrogen-bond donors (Lipinski definition) is 2. The van der Waals surface area contributed by atoms with Crippen LogP contribution in [0.3, 0.4) is 0 Å². The number of nitrogen functional groups attached to an aromatic ring is 1. The third kappa shape index (κ3) is 3.25. The minimum Gasteiger partial charge on any atom is -0.465 e. The molecule has 0 spiro atoms. The van der Waals surface area contributed by atoms with Gasteiger partial charge in [0.05, 0.1) is 35.4 Å². The molecule has 110 valence electrons. The van der Waals surface area contributed by atoms with Crippen LogP contribution in [0.5, 0.6) is 0 Å². The SMILES string of the molecule is COC(=O)c1ccc(N)c(Nc2ccccc2N(C)C)c1. The normalized spacial score (nSPS) is 10.0. The molecule has 0 unspecified atom stereocenters. The van der Waals surface area contributed by atoms with E-state index in [1.54, 1.807) is 18.2 Å². The summed E-state index contributed by atoms with van der Waals surface area (Å²) in [4.78, 5) is 13.6. The van der Waals surface area contributed by atoms with E-state index in [1.807, 2.05) is 43.3 Å². The Morgan fingerprint density at radius 3 is 2.52 bits per heavy atom. The van der Waals surface area contributed by atoms with E-state index in [0.29, 0.717) is 16.9 Å². The second-order valence-electron chi connectivity index (χ2n) is 4.83. The minimum atomic E-state index is -0.390. The van der Waals surface area contributed by atoms with Gasteiger partial charge in [-0.2, -0.15) is 0 Å². The molecule has 5 heteroatoms. The predicted molar refractivity (Wildman–Crippen MR) is 86.2 cm³/mol. The molecule has 0 aliphatic heterocycles. The second kappa shape index (κ2) is 6.17. The van der Waals surface area contributed by atoms with Crippen molar-refractivity contribution in [2.24, 2.45) is 0 Å². The third-order valence-electron chi connectivity index (χ3n) is 3.13. The fraction of sp³-hybridized carbons (Fsp3) is 0.188. The molecule has 2 rings (SSSR count). The highest BCUT2D eigenvalue weighted by Gasteiger charge is 2.10. The monoisotopic (exact) mass is 285 g/mol. The summed E-state index contributed by atoms with van der Waals surface area (Å²) >= 11 is 0. The van der Waals surface area contributed by atoms with E-state index in [-0.39, 0.29) is 5.97 Å². The van der Waals surface area contributed by atoms with Gasteiger partial charge < -0.3 is 20.7 Å². The highest BCUT2D eigenvalue weighted by atomic mass is 16.5. The lowest BCUT2D eigenvalue weighted by Crippen LogP contribution is -2.11. The number of anilines is 4. The van der Waals surface area contributed by atoms with Crippen molar-refractivity contribution in [2.75, 3.05) is 37.2 Å². The van der Waals surface area contributed by atoms with Crippen LogP contribution in [0, 0.1) is 0 Å². The summed E-state index contributed by atoms with van der Waals surface area (Å²) in [5.41, 5.74) is 9.61. The largest absolute Gasteiger partial charge is 0.465 e. The number of carbonyl (C=O) groups is 1. The number of hydrogen-bond acceptors (Lipinski definition) is 5. The molecule has 0 heterocycles. The lowest BCUT2D eigenvalue weighted by Gasteiger charge is -2.19. The first kappa shape index (κ1) is 14.7. The number of esters is 1. The first-order valence-corrected chi connectivity index (χ1v) is 6.54. The van der Waals surface area contributed by atoms with Crippen molar-refractivity contribution in [3.63, 3.8) is 0 Å². The van der Waals surface area contributed by atoms with Crippen LogP contribution < -0.4 is 16.0 Å². The Balaban J connectivity index is 2.38. The highest BCUT2D eigenvalue weighted by molar-refractivity contribution is 5.93. The first-order chi connectivity index (χ1) is 10.0. The van der Waals surface area contributed by atoms with E-state index in [9.17, 15) is 4.79 Å². The summed E-state index contributed by atoms with van der Waals surface area (Å²) in [6.45, 7) is 0.